The van der Waals surface area contributed by atoms with Crippen molar-refractivity contribution < 1.29 is 22.7 Å². The summed E-state index contributed by atoms with van der Waals surface area (Å²) in [5.74, 6) is -2.31. The molecule has 0 radical (unpaired) electrons. The quantitative estimate of drug-likeness (QED) is 0.880. The number of amides is 1. The van der Waals surface area contributed by atoms with Gasteiger partial charge in [0.1, 0.15) is 11.6 Å². The molecule has 0 saturated heterocycles. The van der Waals surface area contributed by atoms with Crippen LogP contribution in [-0.4, -0.2) is 31.5 Å². The Morgan fingerprint density at radius 3 is 2.38 bits per heavy atom. The Kier molecular flexibility index (Phi) is 5.81. The Morgan fingerprint density at radius 2 is 1.79 bits per heavy atom. The smallest absolute Gasteiger partial charge is 0.238 e. The van der Waals surface area contributed by atoms with Crippen molar-refractivity contribution in [1.29, 1.82) is 0 Å². The fraction of sp³-hybridized carbons (Fsp3) is 0.235. The van der Waals surface area contributed by atoms with Gasteiger partial charge < -0.3 is 10.1 Å². The Labute approximate surface area is 137 Å². The second-order valence-corrected chi connectivity index (χ2v) is 5.35. The van der Waals surface area contributed by atoms with Crippen LogP contribution in [0.3, 0.4) is 0 Å². The number of nitrogens with one attached hydrogen (secondary N) is 1. The fourth-order valence-corrected chi connectivity index (χ4v) is 2.25. The lowest BCUT2D eigenvalue weighted by molar-refractivity contribution is -0.117. The predicted molar refractivity (Wildman–Crippen MR) is 84.3 cm³/mol. The monoisotopic (exact) mass is 338 g/mol. The summed E-state index contributed by atoms with van der Waals surface area (Å²) in [6, 6.07) is 7.31. The Balaban J connectivity index is 1.92. The SMILES string of the molecule is COc1ccc(CN(C)CC(=O)Nc2cc(F)cc(F)c2)cc1F. The van der Waals surface area contributed by atoms with E-state index in [2.05, 4.69) is 5.32 Å². The van der Waals surface area contributed by atoms with Crippen LogP contribution in [0.5, 0.6) is 5.75 Å². The minimum absolute atomic E-state index is 0.0220. The van der Waals surface area contributed by atoms with Crippen LogP contribution >= 0.6 is 0 Å². The minimum atomic E-state index is -0.771. The van der Waals surface area contributed by atoms with Crippen LogP contribution in [0.15, 0.2) is 36.4 Å². The molecule has 0 spiro atoms. The molecule has 0 aliphatic rings. The highest BCUT2D eigenvalue weighted by atomic mass is 19.1. The van der Waals surface area contributed by atoms with Crippen LogP contribution in [0.1, 0.15) is 5.56 Å². The average molecular weight is 338 g/mol. The van der Waals surface area contributed by atoms with Crippen molar-refractivity contribution in [2.75, 3.05) is 26.0 Å². The van der Waals surface area contributed by atoms with E-state index in [0.717, 1.165) is 18.2 Å². The Morgan fingerprint density at radius 1 is 1.12 bits per heavy atom. The van der Waals surface area contributed by atoms with Gasteiger partial charge in [-0.2, -0.15) is 0 Å². The Hall–Kier alpha value is -2.54. The van der Waals surface area contributed by atoms with Crippen LogP contribution in [0, 0.1) is 17.5 Å². The van der Waals surface area contributed by atoms with Gasteiger partial charge in [0, 0.05) is 18.3 Å². The van der Waals surface area contributed by atoms with Crippen molar-refractivity contribution in [3.8, 4) is 5.75 Å². The summed E-state index contributed by atoms with van der Waals surface area (Å²) in [4.78, 5) is 13.6. The lowest BCUT2D eigenvalue weighted by atomic mass is 10.2. The standard InChI is InChI=1S/C17H17F3N2O2/c1-22(9-11-3-4-16(24-2)15(20)5-11)10-17(23)21-14-7-12(18)6-13(19)8-14/h3-8H,9-10H2,1-2H3,(H,21,23). The van der Waals surface area contributed by atoms with E-state index in [0.29, 0.717) is 12.1 Å². The maximum Gasteiger partial charge on any atom is 0.238 e. The Bertz CT molecular complexity index is 718. The average Bonchev–Trinajstić information content (AvgIpc) is 2.45. The molecular formula is C17H17F3N2O2. The first-order valence-corrected chi connectivity index (χ1v) is 7.14. The number of carbonyl (C=O) groups excluding carboxylic acids is 1. The molecular weight excluding hydrogens is 321 g/mol. The lowest BCUT2D eigenvalue weighted by Crippen LogP contribution is -2.29. The first kappa shape index (κ1) is 17.8. The van der Waals surface area contributed by atoms with Crippen molar-refractivity contribution in [1.82, 2.24) is 4.90 Å². The number of hydrogen-bond acceptors (Lipinski definition) is 3. The number of carbonyl (C=O) groups is 1. The third-order valence-electron chi connectivity index (χ3n) is 3.23. The number of likely N-dealkylation sites (N-methyl/N-ethyl adjacent to an activating group) is 1. The lowest BCUT2D eigenvalue weighted by Gasteiger charge is -2.17. The summed E-state index contributed by atoms with van der Waals surface area (Å²) >= 11 is 0. The maximum atomic E-state index is 13.6. The molecule has 4 nitrogen and oxygen atoms in total. The van der Waals surface area contributed by atoms with Gasteiger partial charge >= 0.3 is 0 Å². The molecule has 0 fully saturated rings. The molecule has 7 heteroatoms. The van der Waals surface area contributed by atoms with E-state index in [-0.39, 0.29) is 18.0 Å². The highest BCUT2D eigenvalue weighted by molar-refractivity contribution is 5.92. The normalized spacial score (nSPS) is 10.8. The van der Waals surface area contributed by atoms with E-state index < -0.39 is 23.4 Å². The first-order chi connectivity index (χ1) is 11.4. The van der Waals surface area contributed by atoms with Crippen molar-refractivity contribution in [2.24, 2.45) is 0 Å². The second-order valence-electron chi connectivity index (χ2n) is 5.35. The van der Waals surface area contributed by atoms with Crippen molar-refractivity contribution in [3.05, 3.63) is 59.4 Å². The van der Waals surface area contributed by atoms with Gasteiger partial charge in [0.05, 0.1) is 13.7 Å². The molecule has 0 aliphatic heterocycles. The molecule has 0 aliphatic carbocycles. The molecule has 128 valence electrons. The van der Waals surface area contributed by atoms with Crippen LogP contribution in [0.2, 0.25) is 0 Å². The number of nitrogens with zero attached hydrogens (tertiary/aromatic N) is 1. The van der Waals surface area contributed by atoms with Gasteiger partial charge in [-0.15, -0.1) is 0 Å². The van der Waals surface area contributed by atoms with Gasteiger partial charge in [0.15, 0.2) is 11.6 Å². The van der Waals surface area contributed by atoms with E-state index in [1.165, 1.54) is 19.2 Å². The summed E-state index contributed by atoms with van der Waals surface area (Å²) in [5, 5.41) is 2.42. The molecule has 0 atom stereocenters. The van der Waals surface area contributed by atoms with E-state index >= 15 is 0 Å². The van der Waals surface area contributed by atoms with Gasteiger partial charge in [0.25, 0.3) is 0 Å². The van der Waals surface area contributed by atoms with Crippen LogP contribution in [0.4, 0.5) is 18.9 Å². The molecule has 0 heterocycles. The molecule has 0 bridgehead atoms. The number of benzene rings is 2. The van der Waals surface area contributed by atoms with E-state index in [1.54, 1.807) is 18.0 Å². The molecule has 2 aromatic rings. The number of methoxy groups -OCH3 is 1. The molecule has 2 aromatic carbocycles. The second kappa shape index (κ2) is 7.83. The maximum absolute atomic E-state index is 13.6. The number of hydrogen-bond donors (Lipinski definition) is 1. The number of halogens is 3. The summed E-state index contributed by atoms with van der Waals surface area (Å²) in [7, 11) is 3.05. The van der Waals surface area contributed by atoms with Gasteiger partial charge in [0.2, 0.25) is 5.91 Å². The highest BCUT2D eigenvalue weighted by Crippen LogP contribution is 2.18. The number of anilines is 1. The summed E-state index contributed by atoms with van der Waals surface area (Å²) < 4.78 is 44.6. The van der Waals surface area contributed by atoms with Gasteiger partial charge in [-0.1, -0.05) is 6.07 Å². The molecule has 0 unspecified atom stereocenters. The molecule has 0 saturated carbocycles. The van der Waals surface area contributed by atoms with Crippen molar-refractivity contribution >= 4 is 11.6 Å². The molecule has 2 rings (SSSR count). The fourth-order valence-electron chi connectivity index (χ4n) is 2.25. The van der Waals surface area contributed by atoms with Crippen LogP contribution < -0.4 is 10.1 Å². The predicted octanol–water partition coefficient (Wildman–Crippen LogP) is 3.18. The molecule has 1 amide bonds. The summed E-state index contributed by atoms with van der Waals surface area (Å²) in [6.07, 6.45) is 0. The third kappa shape index (κ3) is 4.99. The molecule has 1 N–H and O–H groups in total. The van der Waals surface area contributed by atoms with E-state index in [1.807, 2.05) is 0 Å². The van der Waals surface area contributed by atoms with Crippen molar-refractivity contribution in [3.63, 3.8) is 0 Å². The zero-order chi connectivity index (χ0) is 17.7. The van der Waals surface area contributed by atoms with Crippen LogP contribution in [-0.2, 0) is 11.3 Å². The van der Waals surface area contributed by atoms with E-state index in [4.69, 9.17) is 4.74 Å². The number of ether oxygens (including phenoxy) is 1. The van der Waals surface area contributed by atoms with E-state index in [9.17, 15) is 18.0 Å². The molecule has 24 heavy (non-hydrogen) atoms. The van der Waals surface area contributed by atoms with Gasteiger partial charge in [-0.05, 0) is 36.9 Å². The van der Waals surface area contributed by atoms with Crippen LogP contribution in [0.25, 0.3) is 0 Å². The largest absolute Gasteiger partial charge is 0.494 e. The van der Waals surface area contributed by atoms with Gasteiger partial charge in [-0.25, -0.2) is 13.2 Å². The zero-order valence-corrected chi connectivity index (χ0v) is 13.3. The summed E-state index contributed by atoms with van der Waals surface area (Å²) in [5.41, 5.74) is 0.710. The minimum Gasteiger partial charge on any atom is -0.494 e. The first-order valence-electron chi connectivity index (χ1n) is 7.14. The third-order valence-corrected chi connectivity index (χ3v) is 3.23. The van der Waals surface area contributed by atoms with Crippen molar-refractivity contribution in [2.45, 2.75) is 6.54 Å². The molecule has 0 aromatic heterocycles. The highest BCUT2D eigenvalue weighted by Gasteiger charge is 2.10. The zero-order valence-electron chi connectivity index (χ0n) is 13.3. The topological polar surface area (TPSA) is 41.6 Å². The summed E-state index contributed by atoms with van der Waals surface area (Å²) in [6.45, 7) is 0.303. The van der Waals surface area contributed by atoms with Gasteiger partial charge in [-0.3, -0.25) is 9.69 Å². The number of rotatable bonds is 6.